The Balaban J connectivity index is 2.63. The van der Waals surface area contributed by atoms with Gasteiger partial charge in [-0.2, -0.15) is 0 Å². The molecule has 0 unspecified atom stereocenters. The van der Waals surface area contributed by atoms with Crippen molar-refractivity contribution < 1.29 is 4.79 Å². The molecular weight excluding hydrogens is 170 g/mol. The molecule has 1 rings (SSSR count). The van der Waals surface area contributed by atoms with Gasteiger partial charge in [-0.15, -0.1) is 11.8 Å². The van der Waals surface area contributed by atoms with Crippen LogP contribution in [0.3, 0.4) is 0 Å². The zero-order valence-electron chi connectivity index (χ0n) is 7.20. The molecule has 0 saturated carbocycles. The molecule has 0 radical (unpaired) electrons. The lowest BCUT2D eigenvalue weighted by molar-refractivity contribution is -0.114. The molecule has 0 atom stereocenters. The lowest BCUT2D eigenvalue weighted by atomic mass is 10.3. The summed E-state index contributed by atoms with van der Waals surface area (Å²) in [7, 11) is 0. The maximum atomic E-state index is 10.7. The lowest BCUT2D eigenvalue weighted by Gasteiger charge is -2.01. The molecule has 12 heavy (non-hydrogen) atoms. The fourth-order valence-corrected chi connectivity index (χ4v) is 1.57. The number of hydrogen-bond acceptors (Lipinski definition) is 3. The Labute approximate surface area is 76.4 Å². The van der Waals surface area contributed by atoms with Crippen LogP contribution >= 0.6 is 11.8 Å². The molecule has 0 saturated heterocycles. The summed E-state index contributed by atoms with van der Waals surface area (Å²) < 4.78 is 0. The van der Waals surface area contributed by atoms with E-state index in [4.69, 9.17) is 0 Å². The van der Waals surface area contributed by atoms with Gasteiger partial charge in [0.1, 0.15) is 5.78 Å². The minimum Gasteiger partial charge on any atom is -0.299 e. The number of aromatic nitrogens is 1. The molecule has 0 aromatic carbocycles. The predicted octanol–water partition coefficient (Wildman–Crippen LogP) is 2.07. The average Bonchev–Trinajstić information content (AvgIpc) is 2.03. The second-order valence-electron chi connectivity index (χ2n) is 2.63. The number of carbonyl (C=O) groups excluding carboxylic acids is 1. The first-order chi connectivity index (χ1) is 5.70. The first-order valence-corrected chi connectivity index (χ1v) is 4.71. The summed E-state index contributed by atoms with van der Waals surface area (Å²) in [6.45, 7) is 3.61. The van der Waals surface area contributed by atoms with Crippen LogP contribution in [-0.2, 0) is 4.79 Å². The van der Waals surface area contributed by atoms with Crippen LogP contribution in [0.4, 0.5) is 0 Å². The summed E-state index contributed by atoms with van der Waals surface area (Å²) in [6.07, 6.45) is 3.55. The number of nitrogens with zero attached hydrogens (tertiary/aromatic N) is 1. The molecule has 0 N–H and O–H groups in total. The van der Waals surface area contributed by atoms with E-state index in [1.54, 1.807) is 31.1 Å². The van der Waals surface area contributed by atoms with Gasteiger partial charge in [-0.1, -0.05) is 0 Å². The summed E-state index contributed by atoms with van der Waals surface area (Å²) in [5.74, 6) is 0.732. The molecule has 0 fully saturated rings. The number of ketones is 1. The molecule has 1 aromatic rings. The maximum Gasteiger partial charge on any atom is 0.140 e. The Kier molecular flexibility index (Phi) is 3.29. The van der Waals surface area contributed by atoms with Crippen LogP contribution in [0.2, 0.25) is 0 Å². The van der Waals surface area contributed by atoms with Gasteiger partial charge in [0.05, 0.1) is 5.75 Å². The highest BCUT2D eigenvalue weighted by molar-refractivity contribution is 8.00. The molecule has 0 bridgehead atoms. The van der Waals surface area contributed by atoms with Crippen LogP contribution in [0.5, 0.6) is 0 Å². The molecule has 0 aliphatic heterocycles. The smallest absolute Gasteiger partial charge is 0.140 e. The Bertz CT molecular complexity index is 286. The number of Topliss-reactive ketones (excluding diaryl/α,β-unsaturated/α-hetero) is 1. The summed E-state index contributed by atoms with van der Waals surface area (Å²) >= 11 is 1.54. The topological polar surface area (TPSA) is 30.0 Å². The largest absolute Gasteiger partial charge is 0.299 e. The van der Waals surface area contributed by atoms with Crippen molar-refractivity contribution in [1.29, 1.82) is 0 Å². The highest BCUT2D eigenvalue weighted by Gasteiger charge is 1.99. The molecule has 64 valence electrons. The van der Waals surface area contributed by atoms with Gasteiger partial charge in [-0.05, 0) is 25.5 Å². The van der Waals surface area contributed by atoms with E-state index in [1.165, 1.54) is 5.56 Å². The minimum absolute atomic E-state index is 0.197. The van der Waals surface area contributed by atoms with Crippen molar-refractivity contribution in [2.75, 3.05) is 5.75 Å². The number of aryl methyl sites for hydroxylation is 1. The standard InChI is InChI=1S/C9H11NOS/c1-7-3-4-10-5-9(7)12-6-8(2)11/h3-5H,6H2,1-2H3. The monoisotopic (exact) mass is 181 g/mol. The van der Waals surface area contributed by atoms with E-state index in [2.05, 4.69) is 4.98 Å². The first-order valence-electron chi connectivity index (χ1n) is 3.73. The van der Waals surface area contributed by atoms with Crippen molar-refractivity contribution in [2.24, 2.45) is 0 Å². The van der Waals surface area contributed by atoms with Crippen molar-refractivity contribution in [1.82, 2.24) is 4.98 Å². The molecule has 2 nitrogen and oxygen atoms in total. The van der Waals surface area contributed by atoms with Crippen LogP contribution in [-0.4, -0.2) is 16.5 Å². The van der Waals surface area contributed by atoms with Gasteiger partial charge in [0.2, 0.25) is 0 Å². The number of thioether (sulfide) groups is 1. The molecule has 0 aliphatic carbocycles. The van der Waals surface area contributed by atoms with Gasteiger partial charge in [0, 0.05) is 17.3 Å². The van der Waals surface area contributed by atoms with Crippen molar-refractivity contribution in [3.8, 4) is 0 Å². The summed E-state index contributed by atoms with van der Waals surface area (Å²) in [4.78, 5) is 15.8. The maximum absolute atomic E-state index is 10.7. The third-order valence-electron chi connectivity index (χ3n) is 1.42. The SMILES string of the molecule is CC(=O)CSc1cnccc1C. The van der Waals surface area contributed by atoms with E-state index in [0.717, 1.165) is 4.90 Å². The molecule has 0 spiro atoms. The fraction of sp³-hybridized carbons (Fsp3) is 0.333. The van der Waals surface area contributed by atoms with Gasteiger partial charge in [0.25, 0.3) is 0 Å². The van der Waals surface area contributed by atoms with E-state index >= 15 is 0 Å². The van der Waals surface area contributed by atoms with Crippen LogP contribution in [0.15, 0.2) is 23.4 Å². The van der Waals surface area contributed by atoms with Crippen LogP contribution in [0, 0.1) is 6.92 Å². The molecule has 3 heteroatoms. The zero-order chi connectivity index (χ0) is 8.97. The summed E-state index contributed by atoms with van der Waals surface area (Å²) in [5, 5.41) is 0. The van der Waals surface area contributed by atoms with Gasteiger partial charge in [-0.25, -0.2) is 0 Å². The van der Waals surface area contributed by atoms with Gasteiger partial charge in [0.15, 0.2) is 0 Å². The Morgan fingerprint density at radius 1 is 1.67 bits per heavy atom. The molecule has 0 amide bonds. The van der Waals surface area contributed by atoms with Gasteiger partial charge >= 0.3 is 0 Å². The molecular formula is C9H11NOS. The molecule has 0 aliphatic rings. The van der Waals surface area contributed by atoms with Crippen LogP contribution in [0.1, 0.15) is 12.5 Å². The van der Waals surface area contributed by atoms with E-state index in [9.17, 15) is 4.79 Å². The molecule has 1 heterocycles. The van der Waals surface area contributed by atoms with E-state index < -0.39 is 0 Å². The number of rotatable bonds is 3. The second-order valence-corrected chi connectivity index (χ2v) is 3.65. The zero-order valence-corrected chi connectivity index (χ0v) is 8.02. The van der Waals surface area contributed by atoms with Crippen LogP contribution in [0.25, 0.3) is 0 Å². The Morgan fingerprint density at radius 2 is 2.42 bits per heavy atom. The van der Waals surface area contributed by atoms with E-state index in [0.29, 0.717) is 5.75 Å². The highest BCUT2D eigenvalue weighted by Crippen LogP contribution is 2.20. The number of pyridine rings is 1. The highest BCUT2D eigenvalue weighted by atomic mass is 32.2. The van der Waals surface area contributed by atoms with Crippen LogP contribution < -0.4 is 0 Å². The summed E-state index contributed by atoms with van der Waals surface area (Å²) in [6, 6.07) is 1.95. The third kappa shape index (κ3) is 2.66. The number of carbonyl (C=O) groups is 1. The Morgan fingerprint density at radius 3 is 3.00 bits per heavy atom. The quantitative estimate of drug-likeness (QED) is 0.669. The fourth-order valence-electron chi connectivity index (χ4n) is 0.780. The van der Waals surface area contributed by atoms with Gasteiger partial charge in [-0.3, -0.25) is 9.78 Å². The Hall–Kier alpha value is -0.830. The normalized spacial score (nSPS) is 9.83. The summed E-state index contributed by atoms with van der Waals surface area (Å²) in [5.41, 5.74) is 1.18. The van der Waals surface area contributed by atoms with Gasteiger partial charge < -0.3 is 0 Å². The van der Waals surface area contributed by atoms with Crippen molar-refractivity contribution in [3.05, 3.63) is 24.0 Å². The predicted molar refractivity (Wildman–Crippen MR) is 50.4 cm³/mol. The number of hydrogen-bond donors (Lipinski definition) is 0. The lowest BCUT2D eigenvalue weighted by Crippen LogP contribution is -1.93. The minimum atomic E-state index is 0.197. The van der Waals surface area contributed by atoms with Crippen molar-refractivity contribution in [3.63, 3.8) is 0 Å². The first kappa shape index (κ1) is 9.26. The van der Waals surface area contributed by atoms with E-state index in [-0.39, 0.29) is 5.78 Å². The van der Waals surface area contributed by atoms with Crippen molar-refractivity contribution >= 4 is 17.5 Å². The van der Waals surface area contributed by atoms with Crippen molar-refractivity contribution in [2.45, 2.75) is 18.7 Å². The molecule has 1 aromatic heterocycles. The third-order valence-corrected chi connectivity index (χ3v) is 2.71. The average molecular weight is 181 g/mol. The van der Waals surface area contributed by atoms with E-state index in [1.807, 2.05) is 13.0 Å². The second kappa shape index (κ2) is 4.26.